The lowest BCUT2D eigenvalue weighted by molar-refractivity contribution is 0.257. The van der Waals surface area contributed by atoms with Crippen molar-refractivity contribution in [2.45, 2.75) is 13.5 Å². The molecule has 1 aliphatic heterocycles. The van der Waals surface area contributed by atoms with E-state index in [2.05, 4.69) is 124 Å². The third-order valence-electron chi connectivity index (χ3n) is 7.77. The van der Waals surface area contributed by atoms with Gasteiger partial charge in [0.15, 0.2) is 0 Å². The second kappa shape index (κ2) is 12.7. The first kappa shape index (κ1) is 27.3. The minimum atomic E-state index is 0.702. The van der Waals surface area contributed by atoms with Crippen molar-refractivity contribution in [3.8, 4) is 28.1 Å². The highest BCUT2D eigenvalue weighted by molar-refractivity contribution is 6.30. The first-order valence-electron chi connectivity index (χ1n) is 14.4. The first-order chi connectivity index (χ1) is 20.2. The van der Waals surface area contributed by atoms with E-state index in [0.29, 0.717) is 6.54 Å². The molecule has 1 fully saturated rings. The molecule has 1 N–H and O–H groups in total. The van der Waals surface area contributed by atoms with Gasteiger partial charge in [0, 0.05) is 67.7 Å². The number of aryl methyl sites for hydroxylation is 1. The predicted octanol–water partition coefficient (Wildman–Crippen LogP) is 7.08. The van der Waals surface area contributed by atoms with Crippen molar-refractivity contribution in [1.29, 1.82) is 0 Å². The summed E-state index contributed by atoms with van der Waals surface area (Å²) in [5, 5.41) is 9.73. The molecule has 6 heteroatoms. The number of aromatic nitrogens is 2. The van der Waals surface area contributed by atoms with Crippen LogP contribution in [0.3, 0.4) is 0 Å². The summed E-state index contributed by atoms with van der Waals surface area (Å²) in [6.45, 7) is 8.94. The van der Waals surface area contributed by atoms with Crippen molar-refractivity contribution in [2.75, 3.05) is 44.2 Å². The molecule has 2 heterocycles. The number of nitrogens with one attached hydrogen (secondary N) is 1. The van der Waals surface area contributed by atoms with Crippen molar-refractivity contribution < 1.29 is 0 Å². The van der Waals surface area contributed by atoms with Crippen molar-refractivity contribution in [2.24, 2.45) is 0 Å². The van der Waals surface area contributed by atoms with Crippen molar-refractivity contribution in [1.82, 2.24) is 20.0 Å². The number of halogens is 1. The van der Waals surface area contributed by atoms with E-state index < -0.39 is 0 Å². The molecule has 0 saturated carbocycles. The molecule has 0 unspecified atom stereocenters. The molecule has 5 aromatic rings. The second-order valence-corrected chi connectivity index (χ2v) is 11.1. The van der Waals surface area contributed by atoms with Gasteiger partial charge in [0.2, 0.25) is 0 Å². The molecule has 0 atom stereocenters. The first-order valence-corrected chi connectivity index (χ1v) is 14.8. The molecule has 1 saturated heterocycles. The Bertz CT molecular complexity index is 1560. The SMILES string of the molecule is Cc1cccc(-c2c(CNCCN3CCN(c4ccc(Cl)cc4)CC3)nn(-c3ccccc3)c2-c2ccccc2)c1. The highest BCUT2D eigenvalue weighted by Gasteiger charge is 2.22. The molecule has 1 aliphatic rings. The zero-order chi connectivity index (χ0) is 28.0. The highest BCUT2D eigenvalue weighted by Crippen LogP contribution is 2.37. The van der Waals surface area contributed by atoms with E-state index >= 15 is 0 Å². The Morgan fingerprint density at radius 3 is 2.12 bits per heavy atom. The molecule has 41 heavy (non-hydrogen) atoms. The maximum Gasteiger partial charge on any atom is 0.0851 e. The Balaban J connectivity index is 1.20. The van der Waals surface area contributed by atoms with Crippen molar-refractivity contribution in [3.05, 3.63) is 125 Å². The summed E-state index contributed by atoms with van der Waals surface area (Å²) >= 11 is 6.07. The van der Waals surface area contributed by atoms with Crippen LogP contribution in [0.1, 0.15) is 11.3 Å². The molecule has 5 nitrogen and oxygen atoms in total. The number of nitrogens with zero attached hydrogens (tertiary/aromatic N) is 4. The molecule has 6 rings (SSSR count). The van der Waals surface area contributed by atoms with Gasteiger partial charge in [-0.25, -0.2) is 4.68 Å². The zero-order valence-electron chi connectivity index (χ0n) is 23.5. The summed E-state index contributed by atoms with van der Waals surface area (Å²) in [5.41, 5.74) is 9.28. The second-order valence-electron chi connectivity index (χ2n) is 10.6. The van der Waals surface area contributed by atoms with Gasteiger partial charge in [-0.3, -0.25) is 4.90 Å². The van der Waals surface area contributed by atoms with E-state index in [0.717, 1.165) is 66.9 Å². The minimum absolute atomic E-state index is 0.702. The van der Waals surface area contributed by atoms with E-state index in [1.54, 1.807) is 0 Å². The van der Waals surface area contributed by atoms with Gasteiger partial charge in [-0.05, 0) is 48.9 Å². The fourth-order valence-electron chi connectivity index (χ4n) is 5.64. The number of rotatable bonds is 9. The largest absolute Gasteiger partial charge is 0.369 e. The molecule has 208 valence electrons. The van der Waals surface area contributed by atoms with Gasteiger partial charge in [0.05, 0.1) is 17.1 Å². The number of para-hydroxylation sites is 1. The van der Waals surface area contributed by atoms with Crippen molar-refractivity contribution in [3.63, 3.8) is 0 Å². The number of piperazine rings is 1. The van der Waals surface area contributed by atoms with E-state index in [1.165, 1.54) is 22.4 Å². The molecule has 1 aromatic heterocycles. The average Bonchev–Trinajstić information content (AvgIpc) is 3.40. The van der Waals surface area contributed by atoms with Crippen molar-refractivity contribution >= 4 is 17.3 Å². The topological polar surface area (TPSA) is 36.3 Å². The van der Waals surface area contributed by atoms with Gasteiger partial charge in [0.25, 0.3) is 0 Å². The average molecular weight is 562 g/mol. The Labute approximate surface area is 248 Å². The maximum absolute atomic E-state index is 6.07. The van der Waals surface area contributed by atoms with Gasteiger partial charge in [0.1, 0.15) is 0 Å². The summed E-state index contributed by atoms with van der Waals surface area (Å²) < 4.78 is 2.11. The molecular formula is C35H36ClN5. The number of anilines is 1. The normalized spacial score (nSPS) is 14.0. The molecule has 0 amide bonds. The van der Waals surface area contributed by atoms with Crippen LogP contribution in [0.2, 0.25) is 5.02 Å². The third-order valence-corrected chi connectivity index (χ3v) is 8.03. The van der Waals surface area contributed by atoms with Gasteiger partial charge < -0.3 is 10.2 Å². The predicted molar refractivity (Wildman–Crippen MR) is 171 cm³/mol. The summed E-state index contributed by atoms with van der Waals surface area (Å²) in [6.07, 6.45) is 0. The highest BCUT2D eigenvalue weighted by atomic mass is 35.5. The smallest absolute Gasteiger partial charge is 0.0851 e. The van der Waals surface area contributed by atoms with Gasteiger partial charge in [-0.15, -0.1) is 0 Å². The quantitative estimate of drug-likeness (QED) is 0.195. The van der Waals surface area contributed by atoms with Crippen LogP contribution >= 0.6 is 11.6 Å². The zero-order valence-corrected chi connectivity index (χ0v) is 24.3. The third kappa shape index (κ3) is 6.38. The summed E-state index contributed by atoms with van der Waals surface area (Å²) in [6, 6.07) is 38.0. The van der Waals surface area contributed by atoms with E-state index in [9.17, 15) is 0 Å². The molecule has 0 radical (unpaired) electrons. The summed E-state index contributed by atoms with van der Waals surface area (Å²) in [4.78, 5) is 4.98. The number of hydrogen-bond acceptors (Lipinski definition) is 4. The van der Waals surface area contributed by atoms with E-state index in [1.807, 2.05) is 12.1 Å². The van der Waals surface area contributed by atoms with Crippen LogP contribution < -0.4 is 10.2 Å². The van der Waals surface area contributed by atoms with Crippen LogP contribution in [0.5, 0.6) is 0 Å². The lowest BCUT2D eigenvalue weighted by atomic mass is 9.97. The molecule has 0 spiro atoms. The van der Waals surface area contributed by atoms with Crippen LogP contribution in [0.15, 0.2) is 109 Å². The Morgan fingerprint density at radius 2 is 1.41 bits per heavy atom. The van der Waals surface area contributed by atoms with Crippen LogP contribution in [-0.2, 0) is 6.54 Å². The summed E-state index contributed by atoms with van der Waals surface area (Å²) in [7, 11) is 0. The van der Waals surface area contributed by atoms with Crippen LogP contribution in [0.25, 0.3) is 28.1 Å². The van der Waals surface area contributed by atoms with E-state index in [4.69, 9.17) is 16.7 Å². The lowest BCUT2D eigenvalue weighted by Crippen LogP contribution is -2.48. The van der Waals surface area contributed by atoms with Gasteiger partial charge >= 0.3 is 0 Å². The van der Waals surface area contributed by atoms with Crippen LogP contribution in [0, 0.1) is 6.92 Å². The Hall–Kier alpha value is -3.90. The standard InChI is InChI=1S/C35H36ClN5/c1-27-9-8-12-29(25-27)34-33(38-41(32-13-6-3-7-14-32)35(34)28-10-4-2-5-11-28)26-37-19-20-39-21-23-40(24-22-39)31-17-15-30(36)16-18-31/h2-18,25,37H,19-24,26H2,1H3. The fourth-order valence-corrected chi connectivity index (χ4v) is 5.76. The maximum atomic E-state index is 6.07. The minimum Gasteiger partial charge on any atom is -0.369 e. The Kier molecular flexibility index (Phi) is 8.47. The van der Waals surface area contributed by atoms with Gasteiger partial charge in [-0.1, -0.05) is 90.0 Å². The fraction of sp³-hybridized carbons (Fsp3) is 0.229. The molecule has 0 aliphatic carbocycles. The molecular weight excluding hydrogens is 526 g/mol. The van der Waals surface area contributed by atoms with Gasteiger partial charge in [-0.2, -0.15) is 5.10 Å². The van der Waals surface area contributed by atoms with E-state index in [-0.39, 0.29) is 0 Å². The monoisotopic (exact) mass is 561 g/mol. The summed E-state index contributed by atoms with van der Waals surface area (Å²) in [5.74, 6) is 0. The number of benzene rings is 4. The van der Waals surface area contributed by atoms with Crippen LogP contribution in [0.4, 0.5) is 5.69 Å². The molecule has 0 bridgehead atoms. The lowest BCUT2D eigenvalue weighted by Gasteiger charge is -2.36. The Morgan fingerprint density at radius 1 is 0.732 bits per heavy atom. The van der Waals surface area contributed by atoms with Crippen LogP contribution in [-0.4, -0.2) is 53.9 Å². The number of hydrogen-bond donors (Lipinski definition) is 1. The molecule has 4 aromatic carbocycles.